The van der Waals surface area contributed by atoms with Gasteiger partial charge in [0.2, 0.25) is 0 Å². The Morgan fingerprint density at radius 1 is 1.39 bits per heavy atom. The lowest BCUT2D eigenvalue weighted by molar-refractivity contribution is -0.387. The number of rotatable bonds is 9. The maximum Gasteiger partial charge on any atom is 0.303 e. The normalized spacial score (nSPS) is 11.2. The molecule has 1 aromatic rings. The van der Waals surface area contributed by atoms with E-state index < -0.39 is 38.2 Å². The monoisotopic (exact) mass is 344 g/mol. The molecular formula is C13H16N2O7S. The van der Waals surface area contributed by atoms with Gasteiger partial charge in [-0.2, -0.15) is 4.31 Å². The van der Waals surface area contributed by atoms with E-state index in [1.807, 2.05) is 0 Å². The van der Waals surface area contributed by atoms with Crippen LogP contribution in [0.1, 0.15) is 19.8 Å². The van der Waals surface area contributed by atoms with Gasteiger partial charge in [-0.25, -0.2) is 8.42 Å². The summed E-state index contributed by atoms with van der Waals surface area (Å²) < 4.78 is 30.7. The fourth-order valence-corrected chi connectivity index (χ4v) is 3.23. The van der Waals surface area contributed by atoms with Gasteiger partial charge in [-0.1, -0.05) is 12.1 Å². The average Bonchev–Trinajstić information content (AvgIpc) is 2.50. The molecule has 0 saturated carbocycles. The molecule has 0 unspecified atom stereocenters. The van der Waals surface area contributed by atoms with Crippen LogP contribution in [0.3, 0.4) is 0 Å². The largest absolute Gasteiger partial charge is 0.449 e. The van der Waals surface area contributed by atoms with Crippen molar-refractivity contribution >= 4 is 28.0 Å². The maximum absolute atomic E-state index is 12.6. The van der Waals surface area contributed by atoms with Crippen LogP contribution in [0.15, 0.2) is 29.2 Å². The van der Waals surface area contributed by atoms with E-state index in [0.717, 1.165) is 23.4 Å². The standard InChI is InChI=1S/C13H16N2O7S/c1-11(17)22-10-14(8-4-5-9-16)23(20,21)13-7-3-2-6-12(13)15(18)19/h2-3,6-7,9H,4-5,8,10H2,1H3. The van der Waals surface area contributed by atoms with Crippen LogP contribution < -0.4 is 0 Å². The predicted molar refractivity (Wildman–Crippen MR) is 78.9 cm³/mol. The summed E-state index contributed by atoms with van der Waals surface area (Å²) in [5, 5.41) is 11.0. The molecule has 23 heavy (non-hydrogen) atoms. The molecular weight excluding hydrogens is 328 g/mol. The van der Waals surface area contributed by atoms with E-state index in [1.165, 1.54) is 12.1 Å². The van der Waals surface area contributed by atoms with Crippen LogP contribution in [0.5, 0.6) is 0 Å². The van der Waals surface area contributed by atoms with Crippen molar-refractivity contribution in [3.8, 4) is 0 Å². The van der Waals surface area contributed by atoms with Crippen molar-refractivity contribution in [1.82, 2.24) is 4.31 Å². The van der Waals surface area contributed by atoms with Crippen LogP contribution in [-0.4, -0.2) is 43.2 Å². The number of nitro benzene ring substituents is 1. The van der Waals surface area contributed by atoms with Gasteiger partial charge in [0.15, 0.2) is 11.6 Å². The first-order valence-electron chi connectivity index (χ1n) is 6.61. The van der Waals surface area contributed by atoms with E-state index in [2.05, 4.69) is 0 Å². The number of hydrogen-bond acceptors (Lipinski definition) is 7. The molecule has 0 aliphatic heterocycles. The fourth-order valence-electron chi connectivity index (χ4n) is 1.73. The highest BCUT2D eigenvalue weighted by atomic mass is 32.2. The van der Waals surface area contributed by atoms with Gasteiger partial charge in [-0.15, -0.1) is 0 Å². The van der Waals surface area contributed by atoms with E-state index in [0.29, 0.717) is 6.29 Å². The summed E-state index contributed by atoms with van der Waals surface area (Å²) in [6.45, 7) is 0.421. The van der Waals surface area contributed by atoms with Crippen LogP contribution >= 0.6 is 0 Å². The Labute approximate surface area is 133 Å². The SMILES string of the molecule is CC(=O)OCN(CCCC=O)S(=O)(=O)c1ccccc1[N+](=O)[O-]. The summed E-state index contributed by atoms with van der Waals surface area (Å²) >= 11 is 0. The van der Waals surface area contributed by atoms with Crippen molar-refractivity contribution in [3.63, 3.8) is 0 Å². The lowest BCUT2D eigenvalue weighted by atomic mass is 10.3. The van der Waals surface area contributed by atoms with E-state index >= 15 is 0 Å². The Hall–Kier alpha value is -2.33. The minimum absolute atomic E-state index is 0.111. The van der Waals surface area contributed by atoms with Crippen molar-refractivity contribution in [2.75, 3.05) is 13.3 Å². The van der Waals surface area contributed by atoms with Crippen LogP contribution in [0.2, 0.25) is 0 Å². The molecule has 0 amide bonds. The Kier molecular flexibility index (Phi) is 6.79. The molecule has 0 radical (unpaired) electrons. The maximum atomic E-state index is 12.6. The van der Waals surface area contributed by atoms with Crippen LogP contribution in [0, 0.1) is 10.1 Å². The van der Waals surface area contributed by atoms with Crippen LogP contribution in [-0.2, 0) is 24.3 Å². The number of hydrogen-bond donors (Lipinski definition) is 0. The van der Waals surface area contributed by atoms with Gasteiger partial charge in [0.05, 0.1) is 4.92 Å². The molecule has 1 aromatic carbocycles. The molecule has 0 N–H and O–H groups in total. The number of aldehydes is 1. The van der Waals surface area contributed by atoms with Gasteiger partial charge >= 0.3 is 5.97 Å². The molecule has 0 spiro atoms. The van der Waals surface area contributed by atoms with E-state index in [-0.39, 0.29) is 19.4 Å². The third-order valence-corrected chi connectivity index (χ3v) is 4.69. The van der Waals surface area contributed by atoms with Gasteiger partial charge in [0.1, 0.15) is 6.29 Å². The number of carbonyl (C=O) groups excluding carboxylic acids is 2. The average molecular weight is 344 g/mol. The van der Waals surface area contributed by atoms with Gasteiger partial charge in [-0.05, 0) is 12.5 Å². The molecule has 1 rings (SSSR count). The first-order chi connectivity index (χ1) is 10.8. The zero-order valence-corrected chi connectivity index (χ0v) is 13.2. The summed E-state index contributed by atoms with van der Waals surface area (Å²) in [4.78, 5) is 31.0. The topological polar surface area (TPSA) is 124 Å². The van der Waals surface area contributed by atoms with Crippen LogP contribution in [0.25, 0.3) is 0 Å². The molecule has 0 aromatic heterocycles. The van der Waals surface area contributed by atoms with Crippen molar-refractivity contribution in [2.45, 2.75) is 24.7 Å². The van der Waals surface area contributed by atoms with Crippen molar-refractivity contribution in [2.24, 2.45) is 0 Å². The second-order valence-electron chi connectivity index (χ2n) is 4.48. The van der Waals surface area contributed by atoms with Gasteiger partial charge in [0.25, 0.3) is 15.7 Å². The molecule has 126 valence electrons. The zero-order valence-electron chi connectivity index (χ0n) is 12.4. The second kappa shape index (κ2) is 8.34. The third kappa shape index (κ3) is 5.11. The highest BCUT2D eigenvalue weighted by Gasteiger charge is 2.31. The minimum Gasteiger partial charge on any atom is -0.449 e. The first kappa shape index (κ1) is 18.7. The van der Waals surface area contributed by atoms with Gasteiger partial charge in [0, 0.05) is 26.0 Å². The number of para-hydroxylation sites is 1. The van der Waals surface area contributed by atoms with E-state index in [1.54, 1.807) is 0 Å². The molecule has 0 fully saturated rings. The molecule has 0 aliphatic carbocycles. The van der Waals surface area contributed by atoms with Gasteiger partial charge < -0.3 is 9.53 Å². The predicted octanol–water partition coefficient (Wildman–Crippen LogP) is 1.09. The smallest absolute Gasteiger partial charge is 0.303 e. The third-order valence-electron chi connectivity index (χ3n) is 2.82. The molecule has 0 saturated heterocycles. The Morgan fingerprint density at radius 3 is 2.61 bits per heavy atom. The Balaban J connectivity index is 3.18. The number of sulfonamides is 1. The summed E-state index contributed by atoms with van der Waals surface area (Å²) in [6, 6.07) is 4.88. The fraction of sp³-hybridized carbons (Fsp3) is 0.385. The number of nitrogens with zero attached hydrogens (tertiary/aromatic N) is 2. The highest BCUT2D eigenvalue weighted by molar-refractivity contribution is 7.89. The van der Waals surface area contributed by atoms with E-state index in [9.17, 15) is 28.1 Å². The number of ether oxygens (including phenoxy) is 1. The number of nitro groups is 1. The molecule has 0 heterocycles. The molecule has 0 atom stereocenters. The van der Waals surface area contributed by atoms with Crippen molar-refractivity contribution in [1.29, 1.82) is 0 Å². The van der Waals surface area contributed by atoms with E-state index in [4.69, 9.17) is 4.74 Å². The summed E-state index contributed by atoms with van der Waals surface area (Å²) in [5.74, 6) is -0.692. The highest BCUT2D eigenvalue weighted by Crippen LogP contribution is 2.26. The Bertz CT molecular complexity index is 687. The minimum atomic E-state index is -4.25. The summed E-state index contributed by atoms with van der Waals surface area (Å²) in [6.07, 6.45) is 0.940. The number of unbranched alkanes of at least 4 members (excludes halogenated alkanes) is 1. The molecule has 10 heteroatoms. The number of carbonyl (C=O) groups is 2. The van der Waals surface area contributed by atoms with Crippen molar-refractivity contribution in [3.05, 3.63) is 34.4 Å². The van der Waals surface area contributed by atoms with Crippen LogP contribution in [0.4, 0.5) is 5.69 Å². The lowest BCUT2D eigenvalue weighted by Gasteiger charge is -2.21. The summed E-state index contributed by atoms with van der Waals surface area (Å²) in [7, 11) is -4.25. The quantitative estimate of drug-likeness (QED) is 0.164. The van der Waals surface area contributed by atoms with Crippen molar-refractivity contribution < 1.29 is 27.7 Å². The second-order valence-corrected chi connectivity index (χ2v) is 6.39. The molecule has 0 bridgehead atoms. The first-order valence-corrected chi connectivity index (χ1v) is 8.05. The number of benzene rings is 1. The molecule has 0 aliphatic rings. The Morgan fingerprint density at radius 2 is 2.04 bits per heavy atom. The molecule has 9 nitrogen and oxygen atoms in total. The number of esters is 1. The summed E-state index contributed by atoms with van der Waals surface area (Å²) in [5.41, 5.74) is -0.573. The zero-order chi connectivity index (χ0) is 17.5. The lowest BCUT2D eigenvalue weighted by Crippen LogP contribution is -2.35. The van der Waals surface area contributed by atoms with Gasteiger partial charge in [-0.3, -0.25) is 14.9 Å².